The number of carbonyl (C=O) groups excluding carboxylic acids is 2. The number of hydrogen-bond donors (Lipinski definition) is 0. The van der Waals surface area contributed by atoms with E-state index in [2.05, 4.69) is 6.07 Å². The van der Waals surface area contributed by atoms with E-state index in [1.54, 1.807) is 23.2 Å². The molecule has 4 nitrogen and oxygen atoms in total. The van der Waals surface area contributed by atoms with Crippen LogP contribution in [0, 0.1) is 13.8 Å². The van der Waals surface area contributed by atoms with Crippen LogP contribution in [0.1, 0.15) is 38.2 Å². The minimum Gasteiger partial charge on any atom is -0.449 e. The smallest absolute Gasteiger partial charge is 0.340 e. The van der Waals surface area contributed by atoms with E-state index in [0.717, 1.165) is 16.2 Å². The standard InChI is InChI=1S/C19H21NO3S/c1-12-10-17(14(3)24-12)19(22)23-13(2)18(21)20-9-8-15-6-4-5-7-16(15)11-20/h4-7,10,13H,8-9,11H2,1-3H3/t13-/m0/s1. The Morgan fingerprint density at radius 3 is 2.58 bits per heavy atom. The quantitative estimate of drug-likeness (QED) is 0.802. The molecule has 0 aliphatic carbocycles. The van der Waals surface area contributed by atoms with Crippen molar-refractivity contribution in [3.05, 3.63) is 56.8 Å². The molecule has 1 aromatic heterocycles. The summed E-state index contributed by atoms with van der Waals surface area (Å²) < 4.78 is 5.41. The van der Waals surface area contributed by atoms with Crippen LogP contribution in [0.5, 0.6) is 0 Å². The summed E-state index contributed by atoms with van der Waals surface area (Å²) in [5, 5.41) is 0. The Bertz CT molecular complexity index is 781. The number of ether oxygens (including phenoxy) is 1. The molecule has 1 amide bonds. The second-order valence-corrected chi connectivity index (χ2v) is 7.61. The first kappa shape index (κ1) is 16.7. The lowest BCUT2D eigenvalue weighted by molar-refractivity contribution is -0.140. The first-order chi connectivity index (χ1) is 11.5. The number of carbonyl (C=O) groups is 2. The number of amides is 1. The molecule has 3 rings (SSSR count). The normalized spacial score (nSPS) is 14.9. The third kappa shape index (κ3) is 3.36. The van der Waals surface area contributed by atoms with Gasteiger partial charge in [-0.05, 0) is 44.4 Å². The van der Waals surface area contributed by atoms with Gasteiger partial charge < -0.3 is 9.64 Å². The fourth-order valence-electron chi connectivity index (χ4n) is 3.05. The van der Waals surface area contributed by atoms with Gasteiger partial charge in [0, 0.05) is 22.8 Å². The minimum atomic E-state index is -0.776. The van der Waals surface area contributed by atoms with Crippen LogP contribution in [-0.2, 0) is 22.5 Å². The minimum absolute atomic E-state index is 0.137. The predicted octanol–water partition coefficient (Wildman–Crippen LogP) is 3.50. The number of esters is 1. The van der Waals surface area contributed by atoms with Crippen LogP contribution >= 0.6 is 11.3 Å². The van der Waals surface area contributed by atoms with Gasteiger partial charge in [-0.2, -0.15) is 0 Å². The van der Waals surface area contributed by atoms with E-state index in [1.165, 1.54) is 11.1 Å². The highest BCUT2D eigenvalue weighted by Gasteiger charge is 2.27. The first-order valence-corrected chi connectivity index (χ1v) is 8.91. The predicted molar refractivity (Wildman–Crippen MR) is 94.2 cm³/mol. The summed E-state index contributed by atoms with van der Waals surface area (Å²) in [5.41, 5.74) is 3.01. The van der Waals surface area contributed by atoms with E-state index in [0.29, 0.717) is 18.7 Å². The molecule has 2 heterocycles. The number of aryl methyl sites for hydroxylation is 2. The molecular formula is C19H21NO3S. The molecule has 2 aromatic rings. The molecule has 24 heavy (non-hydrogen) atoms. The van der Waals surface area contributed by atoms with Gasteiger partial charge in [0.1, 0.15) is 0 Å². The maximum Gasteiger partial charge on any atom is 0.340 e. The summed E-state index contributed by atoms with van der Waals surface area (Å²) >= 11 is 1.56. The topological polar surface area (TPSA) is 46.6 Å². The molecule has 0 fully saturated rings. The lowest BCUT2D eigenvalue weighted by Crippen LogP contribution is -2.42. The zero-order valence-corrected chi connectivity index (χ0v) is 15.0. The van der Waals surface area contributed by atoms with Crippen molar-refractivity contribution in [2.75, 3.05) is 6.54 Å². The molecule has 0 saturated carbocycles. The summed E-state index contributed by atoms with van der Waals surface area (Å²) in [6.07, 6.45) is 0.0631. The monoisotopic (exact) mass is 343 g/mol. The third-order valence-electron chi connectivity index (χ3n) is 4.33. The molecule has 1 atom stereocenters. The van der Waals surface area contributed by atoms with E-state index in [9.17, 15) is 9.59 Å². The SMILES string of the molecule is Cc1cc(C(=O)O[C@@H](C)C(=O)N2CCc3ccccc3C2)c(C)s1. The van der Waals surface area contributed by atoms with Crippen molar-refractivity contribution in [1.82, 2.24) is 4.90 Å². The average Bonchev–Trinajstić information content (AvgIpc) is 2.92. The van der Waals surface area contributed by atoms with E-state index in [-0.39, 0.29) is 5.91 Å². The van der Waals surface area contributed by atoms with Crippen LogP contribution in [0.3, 0.4) is 0 Å². The number of hydrogen-bond acceptors (Lipinski definition) is 4. The molecule has 1 aromatic carbocycles. The lowest BCUT2D eigenvalue weighted by atomic mass is 9.99. The second-order valence-electron chi connectivity index (χ2n) is 6.15. The van der Waals surface area contributed by atoms with Crippen molar-refractivity contribution in [3.63, 3.8) is 0 Å². The summed E-state index contributed by atoms with van der Waals surface area (Å²) in [4.78, 5) is 28.7. The van der Waals surface area contributed by atoms with Gasteiger partial charge >= 0.3 is 5.97 Å². The van der Waals surface area contributed by atoms with Gasteiger partial charge in [-0.25, -0.2) is 4.79 Å². The van der Waals surface area contributed by atoms with Crippen molar-refractivity contribution in [2.45, 2.75) is 39.8 Å². The zero-order chi connectivity index (χ0) is 17.3. The molecule has 0 saturated heterocycles. The molecule has 1 aliphatic heterocycles. The van der Waals surface area contributed by atoms with Gasteiger partial charge in [-0.15, -0.1) is 11.3 Å². The first-order valence-electron chi connectivity index (χ1n) is 8.09. The van der Waals surface area contributed by atoms with Crippen molar-refractivity contribution in [2.24, 2.45) is 0 Å². The Morgan fingerprint density at radius 1 is 1.21 bits per heavy atom. The molecule has 0 radical (unpaired) electrons. The zero-order valence-electron chi connectivity index (χ0n) is 14.2. The van der Waals surface area contributed by atoms with Crippen LogP contribution in [0.2, 0.25) is 0 Å². The van der Waals surface area contributed by atoms with Crippen LogP contribution < -0.4 is 0 Å². The number of benzene rings is 1. The summed E-state index contributed by atoms with van der Waals surface area (Å²) in [7, 11) is 0. The number of nitrogens with zero attached hydrogens (tertiary/aromatic N) is 1. The Balaban J connectivity index is 1.65. The number of fused-ring (bicyclic) bond motifs is 1. The summed E-state index contributed by atoms with van der Waals surface area (Å²) in [6, 6.07) is 9.96. The highest BCUT2D eigenvalue weighted by Crippen LogP contribution is 2.23. The highest BCUT2D eigenvalue weighted by molar-refractivity contribution is 7.12. The van der Waals surface area contributed by atoms with Gasteiger partial charge in [-0.3, -0.25) is 4.79 Å². The van der Waals surface area contributed by atoms with Crippen LogP contribution in [0.25, 0.3) is 0 Å². The fraction of sp³-hybridized carbons (Fsp3) is 0.368. The van der Waals surface area contributed by atoms with E-state index in [1.807, 2.05) is 38.1 Å². The van der Waals surface area contributed by atoms with Gasteiger partial charge in [-0.1, -0.05) is 24.3 Å². The molecule has 1 aliphatic rings. The molecular weight excluding hydrogens is 322 g/mol. The lowest BCUT2D eigenvalue weighted by Gasteiger charge is -2.30. The largest absolute Gasteiger partial charge is 0.449 e. The summed E-state index contributed by atoms with van der Waals surface area (Å²) in [5.74, 6) is -0.558. The third-order valence-corrected chi connectivity index (χ3v) is 5.30. The van der Waals surface area contributed by atoms with E-state index < -0.39 is 12.1 Å². The number of thiophene rings is 1. The molecule has 0 bridgehead atoms. The van der Waals surface area contributed by atoms with E-state index in [4.69, 9.17) is 4.74 Å². The number of rotatable bonds is 3. The van der Waals surface area contributed by atoms with E-state index >= 15 is 0 Å². The summed E-state index contributed by atoms with van der Waals surface area (Å²) in [6.45, 7) is 6.73. The van der Waals surface area contributed by atoms with Crippen molar-refractivity contribution in [1.29, 1.82) is 0 Å². The molecule has 0 unspecified atom stereocenters. The molecule has 5 heteroatoms. The molecule has 0 N–H and O–H groups in total. The van der Waals surface area contributed by atoms with Crippen LogP contribution in [-0.4, -0.2) is 29.4 Å². The van der Waals surface area contributed by atoms with Gasteiger partial charge in [0.15, 0.2) is 6.10 Å². The maximum absolute atomic E-state index is 12.6. The Hall–Kier alpha value is -2.14. The molecule has 0 spiro atoms. The Morgan fingerprint density at radius 2 is 1.92 bits per heavy atom. The van der Waals surface area contributed by atoms with Crippen LogP contribution in [0.4, 0.5) is 0 Å². The average molecular weight is 343 g/mol. The maximum atomic E-state index is 12.6. The Labute approximate surface area is 146 Å². The van der Waals surface area contributed by atoms with Crippen molar-refractivity contribution >= 4 is 23.2 Å². The highest BCUT2D eigenvalue weighted by atomic mass is 32.1. The Kier molecular flexibility index (Phi) is 4.71. The van der Waals surface area contributed by atoms with Gasteiger partial charge in [0.2, 0.25) is 0 Å². The fourth-order valence-corrected chi connectivity index (χ4v) is 3.96. The molecule has 126 valence electrons. The van der Waals surface area contributed by atoms with Gasteiger partial charge in [0.05, 0.1) is 5.56 Å². The van der Waals surface area contributed by atoms with Crippen LogP contribution in [0.15, 0.2) is 30.3 Å². The second kappa shape index (κ2) is 6.77. The van der Waals surface area contributed by atoms with Crippen molar-refractivity contribution in [3.8, 4) is 0 Å². The van der Waals surface area contributed by atoms with Crippen molar-refractivity contribution < 1.29 is 14.3 Å². The van der Waals surface area contributed by atoms with Gasteiger partial charge in [0.25, 0.3) is 5.91 Å².